The van der Waals surface area contributed by atoms with Crippen molar-refractivity contribution in [1.82, 2.24) is 15.3 Å². The number of hydrogen-bond donors (Lipinski definition) is 3. The minimum absolute atomic E-state index is 0.0580. The smallest absolute Gasteiger partial charge is 0.247 e. The number of allylic oxidation sites excluding steroid dienone is 1. The van der Waals surface area contributed by atoms with Gasteiger partial charge in [-0.15, -0.1) is 4.41 Å². The standard InChI is InChI=1S/C23H35N3O6S/c1-17(2)16-21(20(23(28)25-29)11-7-10-18-8-5-4-6-9-18)22(27)24-26(33(3,30)31)19-12-14-32-15-13-19/h4-10,17,19-21,29H,11-16H2,1-3H3,(H,24,27)(H,25,28)/t20?,21-/m1/s1. The van der Waals surface area contributed by atoms with Crippen LogP contribution in [0.1, 0.15) is 45.1 Å². The van der Waals surface area contributed by atoms with Crippen molar-refractivity contribution in [2.75, 3.05) is 19.5 Å². The predicted molar refractivity (Wildman–Crippen MR) is 125 cm³/mol. The summed E-state index contributed by atoms with van der Waals surface area (Å²) in [4.78, 5) is 25.9. The van der Waals surface area contributed by atoms with Crippen molar-refractivity contribution in [2.24, 2.45) is 17.8 Å². The summed E-state index contributed by atoms with van der Waals surface area (Å²) in [6.07, 6.45) is 6.12. The van der Waals surface area contributed by atoms with Gasteiger partial charge < -0.3 is 4.74 Å². The van der Waals surface area contributed by atoms with E-state index in [9.17, 15) is 23.2 Å². The zero-order valence-corrected chi connectivity index (χ0v) is 20.3. The van der Waals surface area contributed by atoms with Crippen LogP contribution in [0.2, 0.25) is 0 Å². The molecule has 10 heteroatoms. The van der Waals surface area contributed by atoms with Gasteiger partial charge in [-0.25, -0.2) is 13.9 Å². The highest BCUT2D eigenvalue weighted by Gasteiger charge is 2.37. The Morgan fingerprint density at radius 1 is 1.15 bits per heavy atom. The molecule has 0 radical (unpaired) electrons. The van der Waals surface area contributed by atoms with Gasteiger partial charge in [0.25, 0.3) is 0 Å². The van der Waals surface area contributed by atoms with Crippen molar-refractivity contribution in [3.8, 4) is 0 Å². The van der Waals surface area contributed by atoms with Crippen LogP contribution in [0.5, 0.6) is 0 Å². The minimum atomic E-state index is -3.74. The van der Waals surface area contributed by atoms with E-state index in [0.29, 0.717) is 32.5 Å². The number of rotatable bonds is 11. The maximum Gasteiger partial charge on any atom is 0.247 e. The van der Waals surface area contributed by atoms with Crippen LogP contribution in [-0.2, 0) is 24.3 Å². The molecule has 1 aliphatic heterocycles. The van der Waals surface area contributed by atoms with Crippen LogP contribution in [0.3, 0.4) is 0 Å². The first-order valence-corrected chi connectivity index (χ1v) is 13.0. The van der Waals surface area contributed by atoms with Gasteiger partial charge in [0.1, 0.15) is 0 Å². The quantitative estimate of drug-likeness (QED) is 0.329. The molecule has 0 spiro atoms. The molecule has 1 heterocycles. The lowest BCUT2D eigenvalue weighted by atomic mass is 9.82. The molecule has 1 aliphatic rings. The molecule has 1 fully saturated rings. The molecule has 2 amide bonds. The van der Waals surface area contributed by atoms with E-state index < -0.39 is 39.7 Å². The minimum Gasteiger partial charge on any atom is -0.381 e. The fourth-order valence-electron chi connectivity index (χ4n) is 3.97. The summed E-state index contributed by atoms with van der Waals surface area (Å²) in [5.74, 6) is -2.93. The second-order valence-electron chi connectivity index (χ2n) is 8.75. The Hall–Kier alpha value is -2.27. The second-order valence-corrected chi connectivity index (χ2v) is 10.6. The van der Waals surface area contributed by atoms with E-state index in [1.165, 1.54) is 0 Å². The summed E-state index contributed by atoms with van der Waals surface area (Å²) in [6, 6.07) is 9.09. The van der Waals surface area contributed by atoms with E-state index >= 15 is 0 Å². The number of sulfonamides is 1. The van der Waals surface area contributed by atoms with Gasteiger partial charge in [0.2, 0.25) is 21.8 Å². The van der Waals surface area contributed by atoms with Gasteiger partial charge in [0, 0.05) is 19.3 Å². The molecular formula is C23H35N3O6S. The summed E-state index contributed by atoms with van der Waals surface area (Å²) < 4.78 is 31.2. The number of nitrogens with one attached hydrogen (secondary N) is 2. The molecule has 184 valence electrons. The Kier molecular flexibility index (Phi) is 10.5. The van der Waals surface area contributed by atoms with Crippen molar-refractivity contribution in [3.63, 3.8) is 0 Å². The predicted octanol–water partition coefficient (Wildman–Crippen LogP) is 2.35. The van der Waals surface area contributed by atoms with Crippen LogP contribution in [0.4, 0.5) is 0 Å². The van der Waals surface area contributed by atoms with Crippen molar-refractivity contribution < 1.29 is 28.0 Å². The number of hydrogen-bond acceptors (Lipinski definition) is 6. The van der Waals surface area contributed by atoms with Crippen molar-refractivity contribution >= 4 is 27.9 Å². The lowest BCUT2D eigenvalue weighted by Gasteiger charge is -2.34. The molecule has 0 bridgehead atoms. The Morgan fingerprint density at radius 2 is 1.79 bits per heavy atom. The third kappa shape index (κ3) is 8.54. The Morgan fingerprint density at radius 3 is 2.33 bits per heavy atom. The number of nitrogens with zero attached hydrogens (tertiary/aromatic N) is 1. The first kappa shape index (κ1) is 27.0. The molecule has 1 saturated heterocycles. The largest absolute Gasteiger partial charge is 0.381 e. The highest BCUT2D eigenvalue weighted by atomic mass is 32.2. The number of amides is 2. The molecule has 33 heavy (non-hydrogen) atoms. The molecule has 3 N–H and O–H groups in total. The molecular weight excluding hydrogens is 446 g/mol. The first-order valence-electron chi connectivity index (χ1n) is 11.2. The molecule has 1 aromatic carbocycles. The van der Waals surface area contributed by atoms with E-state index in [-0.39, 0.29) is 12.3 Å². The summed E-state index contributed by atoms with van der Waals surface area (Å²) in [5, 5.41) is 9.33. The molecule has 0 aromatic heterocycles. The summed E-state index contributed by atoms with van der Waals surface area (Å²) in [5.41, 5.74) is 5.17. The topological polar surface area (TPSA) is 125 Å². The fourth-order valence-corrected chi connectivity index (χ4v) is 4.98. The fraction of sp³-hybridized carbons (Fsp3) is 0.565. The normalized spacial score (nSPS) is 17.3. The summed E-state index contributed by atoms with van der Waals surface area (Å²) in [7, 11) is -3.74. The Labute approximate surface area is 196 Å². The van der Waals surface area contributed by atoms with Crippen LogP contribution in [0.25, 0.3) is 6.08 Å². The van der Waals surface area contributed by atoms with Gasteiger partial charge in [0.15, 0.2) is 0 Å². The van der Waals surface area contributed by atoms with Crippen molar-refractivity contribution in [1.29, 1.82) is 0 Å². The average molecular weight is 482 g/mol. The number of carbonyl (C=O) groups excluding carboxylic acids is 2. The number of hydrazine groups is 1. The van der Waals surface area contributed by atoms with E-state index in [0.717, 1.165) is 16.2 Å². The number of benzene rings is 1. The van der Waals surface area contributed by atoms with Gasteiger partial charge in [-0.05, 0) is 37.2 Å². The molecule has 2 rings (SSSR count). The molecule has 1 unspecified atom stereocenters. The van der Waals surface area contributed by atoms with Gasteiger partial charge >= 0.3 is 0 Å². The Bertz CT molecular complexity index is 898. The van der Waals surface area contributed by atoms with Crippen LogP contribution in [0.15, 0.2) is 36.4 Å². The van der Waals surface area contributed by atoms with Gasteiger partial charge in [-0.2, -0.15) is 0 Å². The second kappa shape index (κ2) is 12.8. The highest BCUT2D eigenvalue weighted by molar-refractivity contribution is 7.88. The van der Waals surface area contributed by atoms with Crippen molar-refractivity contribution in [3.05, 3.63) is 42.0 Å². The lowest BCUT2D eigenvalue weighted by Crippen LogP contribution is -2.55. The molecule has 0 aliphatic carbocycles. The van der Waals surface area contributed by atoms with E-state index in [1.54, 1.807) is 11.6 Å². The first-order chi connectivity index (χ1) is 15.6. The van der Waals surface area contributed by atoms with E-state index in [4.69, 9.17) is 4.74 Å². The van der Waals surface area contributed by atoms with Crippen LogP contribution < -0.4 is 10.9 Å². The molecule has 2 atom stereocenters. The zero-order chi connectivity index (χ0) is 24.4. The summed E-state index contributed by atoms with van der Waals surface area (Å²) in [6.45, 7) is 4.64. The monoisotopic (exact) mass is 481 g/mol. The zero-order valence-electron chi connectivity index (χ0n) is 19.4. The summed E-state index contributed by atoms with van der Waals surface area (Å²) >= 11 is 0. The average Bonchev–Trinajstić information content (AvgIpc) is 2.78. The van der Waals surface area contributed by atoms with Gasteiger partial charge in [0.05, 0.1) is 18.1 Å². The Balaban J connectivity index is 2.26. The van der Waals surface area contributed by atoms with E-state index in [1.807, 2.05) is 50.3 Å². The third-order valence-corrected chi connectivity index (χ3v) is 6.70. The maximum absolute atomic E-state index is 13.3. The SMILES string of the molecule is CC(C)C[C@@H](C(=O)NN(C1CCOCC1)S(C)(=O)=O)C(CC=Cc1ccccc1)C(=O)NO. The molecule has 1 aromatic rings. The van der Waals surface area contributed by atoms with Crippen LogP contribution in [-0.4, -0.2) is 55.4 Å². The molecule has 0 saturated carbocycles. The highest BCUT2D eigenvalue weighted by Crippen LogP contribution is 2.26. The molecule has 9 nitrogen and oxygen atoms in total. The van der Waals surface area contributed by atoms with Crippen molar-refractivity contribution in [2.45, 2.75) is 45.6 Å². The number of hydroxylamine groups is 1. The maximum atomic E-state index is 13.3. The van der Waals surface area contributed by atoms with Crippen LogP contribution >= 0.6 is 0 Å². The van der Waals surface area contributed by atoms with E-state index in [2.05, 4.69) is 5.43 Å². The number of ether oxygens (including phenoxy) is 1. The van der Waals surface area contributed by atoms with Gasteiger partial charge in [-0.3, -0.25) is 20.2 Å². The number of carbonyl (C=O) groups is 2. The lowest BCUT2D eigenvalue weighted by molar-refractivity contribution is -0.142. The van der Waals surface area contributed by atoms with Crippen LogP contribution in [0, 0.1) is 17.8 Å². The third-order valence-electron chi connectivity index (χ3n) is 5.59. The van der Waals surface area contributed by atoms with Gasteiger partial charge in [-0.1, -0.05) is 56.3 Å².